The zero-order valence-corrected chi connectivity index (χ0v) is 65.5. The molecule has 0 saturated carbocycles. The molecule has 0 saturated heterocycles. The zero-order chi connectivity index (χ0) is 51.1. The molecule has 9 heterocycles. The molecule has 0 nitrogen and oxygen atoms in total. The first-order chi connectivity index (χ1) is 31.8. The average molecular weight is 1400 g/mol. The molecule has 0 amide bonds. The molecule has 0 atom stereocenters. The average Bonchev–Trinajstić information content (AvgIpc) is 4.23. The minimum atomic E-state index is -0.178. The number of halogens is 5. The van der Waals surface area contributed by atoms with E-state index in [4.69, 9.17) is 0 Å². The lowest BCUT2D eigenvalue weighted by Crippen LogP contribution is -2.02. The summed E-state index contributed by atoms with van der Waals surface area (Å²) in [5, 5.41) is 10.5. The van der Waals surface area contributed by atoms with Crippen LogP contribution in [0.4, 0.5) is 0 Å². The Labute approximate surface area is 484 Å². The van der Waals surface area contributed by atoms with Gasteiger partial charge in [-0.25, -0.2) is 0 Å². The van der Waals surface area contributed by atoms with Crippen LogP contribution in [0.3, 0.4) is 0 Å². The minimum Gasteiger partial charge on any atom is -0.0938 e. The van der Waals surface area contributed by atoms with E-state index in [1.54, 1.807) is 64.6 Å². The first-order valence-corrected chi connectivity index (χ1v) is 41.9. The number of rotatable bonds is 3. The monoisotopic (exact) mass is 1390 g/mol. The van der Waals surface area contributed by atoms with Gasteiger partial charge < -0.3 is 0 Å². The second-order valence-corrected chi connectivity index (χ2v) is 44.0. The molecule has 0 bridgehead atoms. The first-order valence-electron chi connectivity index (χ1n) is 24.5. The molecule has 0 unspecified atom stereocenters. The normalized spacial score (nSPS) is 23.0. The second-order valence-electron chi connectivity index (χ2n) is 19.8. The highest BCUT2D eigenvalue weighted by molar-refractivity contribution is 9.13. The fraction of sp³-hybridized carbons (Fsp3) is 0.345. The van der Waals surface area contributed by atoms with E-state index in [2.05, 4.69) is 244 Å². The minimum absolute atomic E-state index is 0. The van der Waals surface area contributed by atoms with Gasteiger partial charge in [0.1, 0.15) is 9.52 Å². The van der Waals surface area contributed by atoms with Crippen LogP contribution in [0.25, 0.3) is 0 Å². The van der Waals surface area contributed by atoms with Crippen molar-refractivity contribution in [2.45, 2.75) is 132 Å². The van der Waals surface area contributed by atoms with Crippen molar-refractivity contribution in [1.29, 1.82) is 0 Å². The Morgan fingerprint density at radius 3 is 0.551 bits per heavy atom. The fourth-order valence-electron chi connectivity index (χ4n) is 9.27. The summed E-state index contributed by atoms with van der Waals surface area (Å²) in [6, 6.07) is 0. The molecule has 14 heteroatoms. The molecule has 0 radical (unpaired) electrons. The van der Waals surface area contributed by atoms with Gasteiger partial charge in [-0.15, -0.1) is 0 Å². The molecule has 9 rings (SSSR count). The molecule has 0 aromatic heterocycles. The lowest BCUT2D eigenvalue weighted by Gasteiger charge is -2.09. The highest BCUT2D eigenvalue weighted by Gasteiger charge is 2.26. The number of allylic oxidation sites excluding steroid dienone is 24. The molecule has 0 aromatic rings. The Morgan fingerprint density at radius 1 is 0.232 bits per heavy atom. The summed E-state index contributed by atoms with van der Waals surface area (Å²) in [6.45, 7) is 40.4. The molecule has 0 N–H and O–H groups in total. The van der Waals surface area contributed by atoms with Crippen LogP contribution in [0.15, 0.2) is 192 Å². The van der Waals surface area contributed by atoms with Gasteiger partial charge in [-0.3, -0.25) is 0 Å². The fourth-order valence-corrected chi connectivity index (χ4v) is 34.1. The lowest BCUT2D eigenvalue weighted by atomic mass is 10.1. The summed E-state index contributed by atoms with van der Waals surface area (Å²) in [6.07, 6.45) is 0. The summed E-state index contributed by atoms with van der Waals surface area (Å²) < 4.78 is 7.47. The quantitative estimate of drug-likeness (QED) is 0.247. The van der Waals surface area contributed by atoms with Gasteiger partial charge in [0.15, 0.2) is 0 Å². The van der Waals surface area contributed by atoms with Crippen LogP contribution in [-0.4, -0.2) is 85.7 Å². The Hall–Kier alpha value is -0.328. The lowest BCUT2D eigenvalue weighted by molar-refractivity contribution is 1.32. The maximum atomic E-state index is 3.74. The van der Waals surface area contributed by atoms with Crippen molar-refractivity contribution < 1.29 is 0 Å². The SMILES string of the molecule is C.CC1=C(Br)[SiH2]C(Br)=C1C.CC1=C[SiH2]C(C2=C(C)C(C)=C(Br)[SiH2]2)=C1C.CC1=C[SiH2]C(C2=C(C)C(C)=C(Br)[SiH2]2)=C1C.CC1=C[SiH2]C(C2=C(C)C(C)=C(Br)[SiH2]2)=C1C.CC1=C[SiH2]C=C1C.CC1=C[SiH2]C=C1C. The van der Waals surface area contributed by atoms with Gasteiger partial charge in [0.05, 0.1) is 76.2 Å². The third-order valence-corrected chi connectivity index (χ3v) is 42.7. The molecule has 0 aromatic carbocycles. The summed E-state index contributed by atoms with van der Waals surface area (Å²) >= 11 is 18.3. The van der Waals surface area contributed by atoms with Crippen LogP contribution >= 0.6 is 79.6 Å². The standard InChI is InChI=1S/3C12H17BrSi2.C6H8Br2Si.2C6H10Si.CH4/c3*1-6-5-14-10(7(6)2)11-8(3)9(4)12(13)15-11;1-3-4(2)6(8)9-5(3)7;2*1-5-3-7-4-6(5)2;/h3*5H,14-15H2,1-4H3;9H2,1-2H3;2*3-4H,7H2,1-2H3;1H4. The topological polar surface area (TPSA) is 0 Å². The molecule has 0 spiro atoms. The number of hydrogen-bond acceptors (Lipinski definition) is 0. The van der Waals surface area contributed by atoms with E-state index in [1.165, 1.54) is 87.4 Å². The molecule has 9 aliphatic rings. The predicted octanol–water partition coefficient (Wildman–Crippen LogP) is 12.3. The van der Waals surface area contributed by atoms with Gasteiger partial charge in [0.2, 0.25) is 0 Å². The largest absolute Gasteiger partial charge is 0.106 e. The maximum absolute atomic E-state index is 3.74. The van der Waals surface area contributed by atoms with E-state index in [0.717, 1.165) is 0 Å². The summed E-state index contributed by atoms with van der Waals surface area (Å²) in [5.41, 5.74) is 44.5. The third-order valence-electron chi connectivity index (χ3n) is 16.0. The summed E-state index contributed by atoms with van der Waals surface area (Å²) in [5.74, 6) is 0. The van der Waals surface area contributed by atoms with Gasteiger partial charge in [0, 0.05) is 0 Å². The molecule has 69 heavy (non-hydrogen) atoms. The molecule has 0 aliphatic carbocycles. The van der Waals surface area contributed by atoms with E-state index < -0.39 is 0 Å². The van der Waals surface area contributed by atoms with Gasteiger partial charge in [0.25, 0.3) is 0 Å². The van der Waals surface area contributed by atoms with E-state index >= 15 is 0 Å². The van der Waals surface area contributed by atoms with Crippen molar-refractivity contribution in [2.24, 2.45) is 0 Å². The Balaban J connectivity index is 0.000000224. The molecule has 0 fully saturated rings. The van der Waals surface area contributed by atoms with Crippen molar-refractivity contribution >= 4 is 165 Å². The van der Waals surface area contributed by atoms with Gasteiger partial charge in [-0.2, -0.15) is 0 Å². The molecular formula is C55H83Br5Si9. The van der Waals surface area contributed by atoms with E-state index in [1.807, 2.05) is 0 Å². The first kappa shape index (κ1) is 63.0. The van der Waals surface area contributed by atoms with Crippen LogP contribution in [0.2, 0.25) is 0 Å². The van der Waals surface area contributed by atoms with Crippen LogP contribution in [0.5, 0.6) is 0 Å². The third kappa shape index (κ3) is 16.1. The van der Waals surface area contributed by atoms with Gasteiger partial charge in [-0.1, -0.05) is 214 Å². The molecule has 374 valence electrons. The Kier molecular flexibility index (Phi) is 26.0. The van der Waals surface area contributed by atoms with Crippen molar-refractivity contribution in [3.8, 4) is 0 Å². The Bertz CT molecular complexity index is 2450. The predicted molar refractivity (Wildman–Crippen MR) is 364 cm³/mol. The Morgan fingerprint density at radius 2 is 0.435 bits per heavy atom. The van der Waals surface area contributed by atoms with Crippen LogP contribution < -0.4 is 0 Å². The molecule has 9 aliphatic heterocycles. The second kappa shape index (κ2) is 28.5. The van der Waals surface area contributed by atoms with Crippen molar-refractivity contribution in [3.63, 3.8) is 0 Å². The van der Waals surface area contributed by atoms with E-state index in [9.17, 15) is 0 Å². The van der Waals surface area contributed by atoms with Crippen molar-refractivity contribution in [2.75, 3.05) is 0 Å². The number of hydrogen-bond donors (Lipinski definition) is 0. The highest BCUT2D eigenvalue weighted by Crippen LogP contribution is 2.39. The van der Waals surface area contributed by atoms with Crippen LogP contribution in [0, 0.1) is 0 Å². The van der Waals surface area contributed by atoms with Crippen molar-refractivity contribution in [3.05, 3.63) is 192 Å². The van der Waals surface area contributed by atoms with Gasteiger partial charge >= 0.3 is 0 Å². The highest BCUT2D eigenvalue weighted by atomic mass is 79.9. The molecular weight excluding hydrogens is 1310 g/mol. The summed E-state index contributed by atoms with van der Waals surface area (Å²) in [7, 11) is -0.687. The zero-order valence-electron chi connectivity index (χ0n) is 44.8. The maximum Gasteiger partial charge on any atom is 0.106 e. The van der Waals surface area contributed by atoms with Crippen molar-refractivity contribution in [1.82, 2.24) is 0 Å². The van der Waals surface area contributed by atoms with Crippen LogP contribution in [0.1, 0.15) is 132 Å². The smallest absolute Gasteiger partial charge is 0.0938 e. The van der Waals surface area contributed by atoms with Crippen LogP contribution in [-0.2, 0) is 0 Å². The van der Waals surface area contributed by atoms with E-state index in [0.29, 0.717) is 0 Å². The summed E-state index contributed by atoms with van der Waals surface area (Å²) in [4.78, 5) is 0. The van der Waals surface area contributed by atoms with Gasteiger partial charge in [-0.05, 0) is 190 Å². The van der Waals surface area contributed by atoms with E-state index in [-0.39, 0.29) is 93.1 Å².